The van der Waals surface area contributed by atoms with Gasteiger partial charge in [-0.25, -0.2) is 4.79 Å². The fourth-order valence-electron chi connectivity index (χ4n) is 1.75. The molecular weight excluding hydrogens is 156 g/mol. The summed E-state index contributed by atoms with van der Waals surface area (Å²) in [5, 5.41) is 8.41. The van der Waals surface area contributed by atoms with Crippen molar-refractivity contribution in [2.45, 2.75) is 39.0 Å². The minimum Gasteiger partial charge on any atom is -0.476 e. The third-order valence-corrected chi connectivity index (χ3v) is 2.94. The van der Waals surface area contributed by atoms with E-state index in [2.05, 4.69) is 0 Å². The van der Waals surface area contributed by atoms with Crippen molar-refractivity contribution in [2.24, 2.45) is 5.41 Å². The molecule has 1 N–H and O–H groups in total. The van der Waals surface area contributed by atoms with Gasteiger partial charge in [-0.2, -0.15) is 0 Å². The maximum Gasteiger partial charge on any atom is 0.372 e. The second-order valence-electron chi connectivity index (χ2n) is 3.61. The highest BCUT2D eigenvalue weighted by atomic mass is 16.4. The number of ketones is 1. The smallest absolute Gasteiger partial charge is 0.372 e. The first-order chi connectivity index (χ1) is 5.59. The lowest BCUT2D eigenvalue weighted by atomic mass is 9.64. The molecule has 0 radical (unpaired) electrons. The second-order valence-corrected chi connectivity index (χ2v) is 3.61. The zero-order valence-electron chi connectivity index (χ0n) is 7.30. The Bertz CT molecular complexity index is 198. The molecule has 0 saturated heterocycles. The quantitative estimate of drug-likeness (QED) is 0.652. The van der Waals surface area contributed by atoms with Crippen LogP contribution in [0.3, 0.4) is 0 Å². The Morgan fingerprint density at radius 3 is 2.25 bits per heavy atom. The first-order valence-electron chi connectivity index (χ1n) is 4.36. The Hall–Kier alpha value is -0.860. The number of carbonyl (C=O) groups excluding carboxylic acids is 1. The number of hydrogen-bond acceptors (Lipinski definition) is 2. The molecule has 1 fully saturated rings. The molecular formula is C9H14O3. The van der Waals surface area contributed by atoms with Crippen LogP contribution in [0.5, 0.6) is 0 Å². The van der Waals surface area contributed by atoms with E-state index in [1.54, 1.807) is 0 Å². The summed E-state index contributed by atoms with van der Waals surface area (Å²) in [6, 6.07) is 0. The Kier molecular flexibility index (Phi) is 2.50. The van der Waals surface area contributed by atoms with Gasteiger partial charge in [0.1, 0.15) is 0 Å². The van der Waals surface area contributed by atoms with Crippen LogP contribution in [-0.2, 0) is 9.59 Å². The van der Waals surface area contributed by atoms with Crippen molar-refractivity contribution >= 4 is 11.8 Å². The summed E-state index contributed by atoms with van der Waals surface area (Å²) in [4.78, 5) is 21.2. The van der Waals surface area contributed by atoms with E-state index in [9.17, 15) is 9.59 Å². The second kappa shape index (κ2) is 3.25. The number of carboxylic acid groups (broad SMARTS) is 1. The van der Waals surface area contributed by atoms with Crippen molar-refractivity contribution in [1.82, 2.24) is 0 Å². The number of hydrogen-bond donors (Lipinski definition) is 1. The zero-order chi connectivity index (χ0) is 9.19. The SMILES string of the molecule is CCC1(CC(=O)C(=O)O)CCC1. The number of Topliss-reactive ketones (excluding diaryl/α,β-unsaturated/α-hetero) is 1. The Morgan fingerprint density at radius 1 is 1.42 bits per heavy atom. The van der Waals surface area contributed by atoms with Crippen LogP contribution in [0.2, 0.25) is 0 Å². The lowest BCUT2D eigenvalue weighted by Crippen LogP contribution is -2.33. The van der Waals surface area contributed by atoms with Crippen LogP contribution < -0.4 is 0 Å². The molecule has 1 aliphatic carbocycles. The van der Waals surface area contributed by atoms with Gasteiger partial charge in [0.2, 0.25) is 5.78 Å². The number of carbonyl (C=O) groups is 2. The Labute approximate surface area is 71.8 Å². The normalized spacial score (nSPS) is 19.8. The van der Waals surface area contributed by atoms with Crippen molar-refractivity contribution in [3.63, 3.8) is 0 Å². The van der Waals surface area contributed by atoms with Gasteiger partial charge >= 0.3 is 5.97 Å². The number of rotatable bonds is 4. The van der Waals surface area contributed by atoms with Gasteiger partial charge in [-0.1, -0.05) is 19.8 Å². The molecule has 0 aromatic rings. The van der Waals surface area contributed by atoms with E-state index in [-0.39, 0.29) is 11.8 Å². The van der Waals surface area contributed by atoms with Gasteiger partial charge in [-0.05, 0) is 18.3 Å². The summed E-state index contributed by atoms with van der Waals surface area (Å²) in [5.74, 6) is -1.91. The first-order valence-corrected chi connectivity index (χ1v) is 4.36. The Morgan fingerprint density at radius 2 is 2.00 bits per heavy atom. The molecule has 0 spiro atoms. The van der Waals surface area contributed by atoms with Gasteiger partial charge in [0.05, 0.1) is 0 Å². The molecule has 0 atom stereocenters. The van der Waals surface area contributed by atoms with Crippen molar-refractivity contribution < 1.29 is 14.7 Å². The fourth-order valence-corrected chi connectivity index (χ4v) is 1.75. The number of carboxylic acids is 1. The summed E-state index contributed by atoms with van der Waals surface area (Å²) < 4.78 is 0. The summed E-state index contributed by atoms with van der Waals surface area (Å²) in [5.41, 5.74) is 0.0372. The molecule has 68 valence electrons. The molecule has 0 amide bonds. The van der Waals surface area contributed by atoms with E-state index in [1.807, 2.05) is 6.92 Å². The molecule has 0 heterocycles. The van der Waals surface area contributed by atoms with Crippen molar-refractivity contribution in [2.75, 3.05) is 0 Å². The zero-order valence-corrected chi connectivity index (χ0v) is 7.30. The number of aliphatic carboxylic acids is 1. The molecule has 3 heteroatoms. The predicted octanol–water partition coefficient (Wildman–Crippen LogP) is 1.61. The highest BCUT2D eigenvalue weighted by Gasteiger charge is 2.38. The van der Waals surface area contributed by atoms with Gasteiger partial charge in [0, 0.05) is 6.42 Å². The lowest BCUT2D eigenvalue weighted by molar-refractivity contribution is -0.151. The van der Waals surface area contributed by atoms with Crippen LogP contribution in [0.15, 0.2) is 0 Å². The fraction of sp³-hybridized carbons (Fsp3) is 0.778. The van der Waals surface area contributed by atoms with Gasteiger partial charge in [-0.15, -0.1) is 0 Å². The molecule has 1 rings (SSSR count). The van der Waals surface area contributed by atoms with Crippen LogP contribution in [0, 0.1) is 5.41 Å². The summed E-state index contributed by atoms with van der Waals surface area (Å²) in [7, 11) is 0. The molecule has 3 nitrogen and oxygen atoms in total. The molecule has 0 aliphatic heterocycles. The van der Waals surface area contributed by atoms with Crippen molar-refractivity contribution in [3.05, 3.63) is 0 Å². The third kappa shape index (κ3) is 1.65. The molecule has 1 saturated carbocycles. The topological polar surface area (TPSA) is 54.4 Å². The monoisotopic (exact) mass is 170 g/mol. The van der Waals surface area contributed by atoms with E-state index in [4.69, 9.17) is 5.11 Å². The van der Waals surface area contributed by atoms with Crippen LogP contribution in [0.1, 0.15) is 39.0 Å². The van der Waals surface area contributed by atoms with Crippen LogP contribution in [0.25, 0.3) is 0 Å². The van der Waals surface area contributed by atoms with Crippen LogP contribution in [-0.4, -0.2) is 16.9 Å². The molecule has 0 aromatic heterocycles. The van der Waals surface area contributed by atoms with E-state index in [1.165, 1.54) is 0 Å². The molecule has 0 bridgehead atoms. The third-order valence-electron chi connectivity index (χ3n) is 2.94. The Balaban J connectivity index is 2.48. The summed E-state index contributed by atoms with van der Waals surface area (Å²) >= 11 is 0. The molecule has 0 aromatic carbocycles. The van der Waals surface area contributed by atoms with Crippen LogP contribution in [0.4, 0.5) is 0 Å². The summed E-state index contributed by atoms with van der Waals surface area (Å²) in [6.45, 7) is 2.02. The van der Waals surface area contributed by atoms with Crippen molar-refractivity contribution in [3.8, 4) is 0 Å². The highest BCUT2D eigenvalue weighted by molar-refractivity contribution is 6.32. The first kappa shape index (κ1) is 9.23. The minimum absolute atomic E-state index is 0.0372. The van der Waals surface area contributed by atoms with Gasteiger partial charge < -0.3 is 5.11 Å². The predicted molar refractivity (Wildman–Crippen MR) is 43.8 cm³/mol. The standard InChI is InChI=1S/C9H14O3/c1-2-9(4-3-5-9)6-7(10)8(11)12/h2-6H2,1H3,(H,11,12). The maximum absolute atomic E-state index is 10.9. The molecule has 12 heavy (non-hydrogen) atoms. The average molecular weight is 170 g/mol. The van der Waals surface area contributed by atoms with Gasteiger partial charge in [-0.3, -0.25) is 4.79 Å². The van der Waals surface area contributed by atoms with Gasteiger partial charge in [0.15, 0.2) is 0 Å². The van der Waals surface area contributed by atoms with Gasteiger partial charge in [0.25, 0.3) is 0 Å². The van der Waals surface area contributed by atoms with Crippen molar-refractivity contribution in [1.29, 1.82) is 0 Å². The van der Waals surface area contributed by atoms with E-state index in [0.717, 1.165) is 25.7 Å². The summed E-state index contributed by atoms with van der Waals surface area (Å²) in [6.07, 6.45) is 4.33. The lowest BCUT2D eigenvalue weighted by Gasteiger charge is -2.40. The average Bonchev–Trinajstić information content (AvgIpc) is 1.96. The molecule has 0 unspecified atom stereocenters. The largest absolute Gasteiger partial charge is 0.476 e. The van der Waals surface area contributed by atoms with E-state index < -0.39 is 11.8 Å². The minimum atomic E-state index is -1.28. The highest BCUT2D eigenvalue weighted by Crippen LogP contribution is 2.46. The van der Waals surface area contributed by atoms with E-state index in [0.29, 0.717) is 0 Å². The van der Waals surface area contributed by atoms with E-state index >= 15 is 0 Å². The van der Waals surface area contributed by atoms with Crippen LogP contribution >= 0.6 is 0 Å². The maximum atomic E-state index is 10.9. The molecule has 1 aliphatic rings.